The molecular weight excluding hydrogens is 671 g/mol. The number of unbranched alkanes of at least 4 members (excludes halogenated alkanes) is 2. The Bertz CT molecular complexity index is 705. The van der Waals surface area contributed by atoms with E-state index >= 15 is 0 Å². The van der Waals surface area contributed by atoms with Gasteiger partial charge in [0.25, 0.3) is 0 Å². The maximum Gasteiger partial charge on any atom is 1.00 e. The normalized spacial score (nSPS) is 10.3. The van der Waals surface area contributed by atoms with Gasteiger partial charge in [-0.15, -0.1) is 78.9 Å². The fourth-order valence-electron chi connectivity index (χ4n) is 3.02. The molecule has 3 unspecified atom stereocenters. The first kappa shape index (κ1) is 73.6. The van der Waals surface area contributed by atoms with Crippen LogP contribution in [0.4, 0.5) is 0 Å². The van der Waals surface area contributed by atoms with Gasteiger partial charge in [0.2, 0.25) is 0 Å². The number of rotatable bonds is 19. The smallest absolute Gasteiger partial charge is 0.747 e. The van der Waals surface area contributed by atoms with Gasteiger partial charge in [-0.1, -0.05) is 66.2 Å². The third-order valence-electron chi connectivity index (χ3n) is 5.50. The van der Waals surface area contributed by atoms with Crippen molar-refractivity contribution in [2.75, 3.05) is 39.6 Å². The summed E-state index contributed by atoms with van der Waals surface area (Å²) in [5.41, 5.74) is 0. The molecule has 0 aliphatic heterocycles. The van der Waals surface area contributed by atoms with Gasteiger partial charge in [-0.25, -0.2) is 8.42 Å². The van der Waals surface area contributed by atoms with Crippen molar-refractivity contribution < 1.29 is 76.5 Å². The van der Waals surface area contributed by atoms with E-state index in [0.29, 0.717) is 0 Å². The second-order valence-electron chi connectivity index (χ2n) is 8.56. The molecule has 0 aromatic heterocycles. The molecule has 0 spiro atoms. The molecule has 0 radical (unpaired) electrons. The summed E-state index contributed by atoms with van der Waals surface area (Å²) < 4.78 is 49.4. The summed E-state index contributed by atoms with van der Waals surface area (Å²) in [6, 6.07) is 0. The Labute approximate surface area is 331 Å². The Morgan fingerprint density at radius 1 is 0.640 bits per heavy atom. The van der Waals surface area contributed by atoms with Crippen LogP contribution in [-0.2, 0) is 33.9 Å². The molecule has 0 amide bonds. The molecule has 0 aliphatic rings. The van der Waals surface area contributed by atoms with Gasteiger partial charge in [0.05, 0.1) is 32.8 Å². The summed E-state index contributed by atoms with van der Waals surface area (Å²) in [6.45, 7) is 49.7. The first-order chi connectivity index (χ1) is 23.5. The second kappa shape index (κ2) is 72.8. The summed E-state index contributed by atoms with van der Waals surface area (Å²) in [6.07, 6.45) is 6.58. The minimum atomic E-state index is -5.01. The van der Waals surface area contributed by atoms with Gasteiger partial charge in [-0.05, 0) is 38.5 Å². The van der Waals surface area contributed by atoms with Crippen molar-refractivity contribution in [1.82, 2.24) is 0 Å². The van der Waals surface area contributed by atoms with E-state index in [1.807, 2.05) is 27.7 Å². The van der Waals surface area contributed by atoms with E-state index in [9.17, 15) is 22.6 Å². The number of hydrogen-bond acceptors (Lipinski definition) is 10. The Balaban J connectivity index is -0.0000000753. The van der Waals surface area contributed by atoms with Crippen LogP contribution in [0.1, 0.15) is 99.3 Å². The maximum absolute atomic E-state index is 12.1. The molecule has 0 fully saturated rings. The van der Waals surface area contributed by atoms with Crippen LogP contribution in [0.3, 0.4) is 0 Å². The molecule has 0 bridgehead atoms. The van der Waals surface area contributed by atoms with E-state index in [-0.39, 0.29) is 67.8 Å². The summed E-state index contributed by atoms with van der Waals surface area (Å²) in [5.74, 6) is -1.74. The molecule has 296 valence electrons. The monoisotopic (exact) mass is 749 g/mol. The van der Waals surface area contributed by atoms with Crippen molar-refractivity contribution in [3.63, 3.8) is 0 Å². The molecule has 50 heavy (non-hydrogen) atoms. The van der Waals surface area contributed by atoms with E-state index in [1.54, 1.807) is 0 Å². The molecule has 3 atom stereocenters. The van der Waals surface area contributed by atoms with Gasteiger partial charge in [-0.2, -0.15) is 0 Å². The number of esters is 2. The molecular formula is C38H77NaO10S. The van der Waals surface area contributed by atoms with Gasteiger partial charge in [0, 0.05) is 13.2 Å². The van der Waals surface area contributed by atoms with Crippen molar-refractivity contribution in [2.45, 2.75) is 105 Å². The quantitative estimate of drug-likeness (QED) is 0.0733. The third-order valence-corrected chi connectivity index (χ3v) is 6.56. The second-order valence-corrected chi connectivity index (χ2v) is 10.1. The Kier molecular flexibility index (Phi) is 107. The van der Waals surface area contributed by atoms with Crippen LogP contribution in [-0.4, -0.2) is 80.0 Å². The first-order valence-corrected chi connectivity index (χ1v) is 18.1. The maximum atomic E-state index is 12.1. The zero-order valence-corrected chi connectivity index (χ0v) is 36.2. The predicted molar refractivity (Wildman–Crippen MR) is 210 cm³/mol. The van der Waals surface area contributed by atoms with E-state index in [2.05, 4.69) is 92.8 Å². The van der Waals surface area contributed by atoms with Crippen LogP contribution in [0.15, 0.2) is 78.9 Å². The molecule has 0 aromatic carbocycles. The number of ether oxygens (including phenoxy) is 3. The van der Waals surface area contributed by atoms with E-state index in [4.69, 9.17) is 24.4 Å². The molecule has 0 aromatic rings. The molecule has 0 saturated heterocycles. The largest absolute Gasteiger partial charge is 1.00 e. The van der Waals surface area contributed by atoms with E-state index < -0.39 is 33.7 Å². The van der Waals surface area contributed by atoms with Gasteiger partial charge < -0.3 is 29.0 Å². The SMILES string of the molecule is C=C.C=C.C=C.C=C.C=C.C=C.CCCCC(CC)COC(=O)CC(C(=O)OCC(CC)CCCC)S(=O)(=O)[O-].CCOCC.OCCO.[Na+]. The summed E-state index contributed by atoms with van der Waals surface area (Å²) in [5, 5.41) is 13.2. The van der Waals surface area contributed by atoms with Crippen LogP contribution < -0.4 is 29.6 Å². The van der Waals surface area contributed by atoms with Crippen LogP contribution in [0.2, 0.25) is 0 Å². The molecule has 0 heterocycles. The Hall–Kier alpha value is -1.83. The van der Waals surface area contributed by atoms with Crippen molar-refractivity contribution in [3.8, 4) is 0 Å². The van der Waals surface area contributed by atoms with Crippen molar-refractivity contribution in [3.05, 3.63) is 78.9 Å². The fourth-order valence-corrected chi connectivity index (χ4v) is 3.66. The van der Waals surface area contributed by atoms with Gasteiger partial charge in [-0.3, -0.25) is 9.59 Å². The fraction of sp³-hybridized carbons (Fsp3) is 0.632. The number of hydrogen-bond donors (Lipinski definition) is 2. The average molecular weight is 749 g/mol. The zero-order chi connectivity index (χ0) is 41.1. The average Bonchev–Trinajstić information content (AvgIpc) is 3.15. The third kappa shape index (κ3) is 68.2. The molecule has 12 heteroatoms. The number of carbonyl (C=O) groups is 2. The van der Waals surface area contributed by atoms with Crippen LogP contribution >= 0.6 is 0 Å². The number of aliphatic hydroxyl groups is 2. The standard InChI is InChI=1S/C20H38O7S.C4H10O.C2H6O2.6C2H4.Na/c1-5-9-11-16(7-3)14-26-19(21)13-18(28(23,24)25)20(22)27-15-17(8-4)12-10-6-2;1-3-5-4-2;3-1-2-4;6*1-2;/h16-18H,5-15H2,1-4H3,(H,23,24,25);3-4H2,1-2H3;3-4H,1-2H2;6*1-2H2;/q;;;;;;;;;+1/p-1. The van der Waals surface area contributed by atoms with Crippen molar-refractivity contribution >= 4 is 22.1 Å². The van der Waals surface area contributed by atoms with Gasteiger partial charge in [0.1, 0.15) is 10.1 Å². The topological polar surface area (TPSA) is 159 Å². The summed E-state index contributed by atoms with van der Waals surface area (Å²) >= 11 is 0. The van der Waals surface area contributed by atoms with Crippen molar-refractivity contribution in [2.24, 2.45) is 11.8 Å². The van der Waals surface area contributed by atoms with Crippen LogP contribution in [0.5, 0.6) is 0 Å². The molecule has 0 aliphatic carbocycles. The number of aliphatic hydroxyl groups excluding tert-OH is 2. The molecule has 0 rings (SSSR count). The Morgan fingerprint density at radius 2 is 0.960 bits per heavy atom. The van der Waals surface area contributed by atoms with E-state index in [0.717, 1.165) is 64.6 Å². The minimum absolute atomic E-state index is 0. The van der Waals surface area contributed by atoms with Crippen molar-refractivity contribution in [1.29, 1.82) is 0 Å². The first-order valence-electron chi connectivity index (χ1n) is 16.6. The molecule has 10 nitrogen and oxygen atoms in total. The van der Waals surface area contributed by atoms with Crippen LogP contribution in [0, 0.1) is 11.8 Å². The van der Waals surface area contributed by atoms with Gasteiger partial charge >= 0.3 is 41.5 Å². The molecule has 2 N–H and O–H groups in total. The van der Waals surface area contributed by atoms with Gasteiger partial charge in [0.15, 0.2) is 5.25 Å². The number of carbonyl (C=O) groups excluding carboxylic acids is 2. The zero-order valence-electron chi connectivity index (χ0n) is 33.4. The summed E-state index contributed by atoms with van der Waals surface area (Å²) in [7, 11) is -5.01. The minimum Gasteiger partial charge on any atom is -0.747 e. The molecule has 0 saturated carbocycles. The van der Waals surface area contributed by atoms with E-state index in [1.165, 1.54) is 0 Å². The summed E-state index contributed by atoms with van der Waals surface area (Å²) in [4.78, 5) is 24.1. The predicted octanol–water partition coefficient (Wildman–Crippen LogP) is 5.64. The van der Waals surface area contributed by atoms with Crippen LogP contribution in [0.25, 0.3) is 0 Å². The Morgan fingerprint density at radius 3 is 1.18 bits per heavy atom.